The summed E-state index contributed by atoms with van der Waals surface area (Å²) in [5.74, 6) is -0.0390. The largest absolute Gasteiger partial charge is 0.507 e. The van der Waals surface area contributed by atoms with E-state index in [2.05, 4.69) is 0 Å². The van der Waals surface area contributed by atoms with Crippen LogP contribution in [0, 0.1) is 0 Å². The Morgan fingerprint density at radius 1 is 0.680 bits per heavy atom. The van der Waals surface area contributed by atoms with Crippen molar-refractivity contribution in [3.8, 4) is 22.6 Å². The SMILES string of the molecule is Oc1ccc2cc1-c1cc(ccc1O)CC(O)C(O)C(O)CC(O)C2. The van der Waals surface area contributed by atoms with E-state index in [0.29, 0.717) is 22.3 Å². The molecule has 0 fully saturated rings. The third-order valence-corrected chi connectivity index (χ3v) is 4.63. The monoisotopic (exact) mass is 346 g/mol. The minimum atomic E-state index is -1.40. The number of aliphatic hydroxyl groups is 4. The Morgan fingerprint density at radius 3 is 1.76 bits per heavy atom. The Bertz CT molecular complexity index is 760. The number of hydrogen-bond donors (Lipinski definition) is 6. The van der Waals surface area contributed by atoms with Crippen LogP contribution in [0.4, 0.5) is 0 Å². The third kappa shape index (κ3) is 3.77. The maximum Gasteiger partial charge on any atom is 0.123 e. The first-order valence-corrected chi connectivity index (χ1v) is 8.21. The normalized spacial score (nSPS) is 27.0. The van der Waals surface area contributed by atoms with Crippen LogP contribution < -0.4 is 0 Å². The van der Waals surface area contributed by atoms with E-state index < -0.39 is 24.4 Å². The van der Waals surface area contributed by atoms with Gasteiger partial charge < -0.3 is 30.6 Å². The fourth-order valence-electron chi connectivity index (χ4n) is 3.24. The molecule has 134 valence electrons. The summed E-state index contributed by atoms with van der Waals surface area (Å²) in [4.78, 5) is 0. The summed E-state index contributed by atoms with van der Waals surface area (Å²) >= 11 is 0. The van der Waals surface area contributed by atoms with Crippen LogP contribution in [0.25, 0.3) is 11.1 Å². The fourth-order valence-corrected chi connectivity index (χ4v) is 3.24. The van der Waals surface area contributed by atoms with Crippen molar-refractivity contribution in [1.29, 1.82) is 0 Å². The van der Waals surface area contributed by atoms with Gasteiger partial charge in [0.05, 0.1) is 18.3 Å². The molecule has 0 aliphatic heterocycles. The Kier molecular flexibility index (Phi) is 4.96. The van der Waals surface area contributed by atoms with Gasteiger partial charge in [-0.2, -0.15) is 0 Å². The minimum Gasteiger partial charge on any atom is -0.507 e. The average molecular weight is 346 g/mol. The van der Waals surface area contributed by atoms with Crippen LogP contribution in [0.5, 0.6) is 11.5 Å². The molecule has 6 nitrogen and oxygen atoms in total. The second kappa shape index (κ2) is 7.01. The van der Waals surface area contributed by atoms with E-state index in [1.807, 2.05) is 0 Å². The lowest BCUT2D eigenvalue weighted by atomic mass is 9.95. The quantitative estimate of drug-likeness (QED) is 0.418. The second-order valence-corrected chi connectivity index (χ2v) is 6.63. The molecular weight excluding hydrogens is 324 g/mol. The highest BCUT2D eigenvalue weighted by Gasteiger charge is 2.28. The highest BCUT2D eigenvalue weighted by atomic mass is 16.4. The Labute approximate surface area is 145 Å². The van der Waals surface area contributed by atoms with Crippen molar-refractivity contribution in [3.63, 3.8) is 0 Å². The molecule has 6 N–H and O–H groups in total. The highest BCUT2D eigenvalue weighted by Crippen LogP contribution is 2.37. The van der Waals surface area contributed by atoms with Gasteiger partial charge in [0.2, 0.25) is 0 Å². The van der Waals surface area contributed by atoms with Crippen molar-refractivity contribution in [2.24, 2.45) is 0 Å². The Hall–Kier alpha value is -2.12. The summed E-state index contributed by atoms with van der Waals surface area (Å²) in [6, 6.07) is 9.51. The second-order valence-electron chi connectivity index (χ2n) is 6.63. The van der Waals surface area contributed by atoms with Crippen LogP contribution in [0.1, 0.15) is 17.5 Å². The number of phenolic OH excluding ortho intramolecular Hbond substituents is 2. The van der Waals surface area contributed by atoms with Crippen LogP contribution >= 0.6 is 0 Å². The van der Waals surface area contributed by atoms with Gasteiger partial charge in [0.25, 0.3) is 0 Å². The van der Waals surface area contributed by atoms with Gasteiger partial charge in [-0.05, 0) is 41.8 Å². The first-order valence-electron chi connectivity index (χ1n) is 8.21. The van der Waals surface area contributed by atoms with Crippen molar-refractivity contribution in [3.05, 3.63) is 47.5 Å². The molecule has 0 saturated carbocycles. The van der Waals surface area contributed by atoms with Gasteiger partial charge in [-0.1, -0.05) is 12.1 Å². The predicted octanol–water partition coefficient (Wildman–Crippen LogP) is 0.697. The summed E-state index contributed by atoms with van der Waals surface area (Å²) in [6.07, 6.45) is -4.64. The van der Waals surface area contributed by atoms with Crippen LogP contribution in [0.3, 0.4) is 0 Å². The molecule has 0 heterocycles. The van der Waals surface area contributed by atoms with Gasteiger partial charge in [-0.25, -0.2) is 0 Å². The minimum absolute atomic E-state index is 0.0128. The van der Waals surface area contributed by atoms with Crippen molar-refractivity contribution < 1.29 is 30.6 Å². The van der Waals surface area contributed by atoms with E-state index in [0.717, 1.165) is 0 Å². The van der Waals surface area contributed by atoms with Crippen LogP contribution in [-0.4, -0.2) is 55.1 Å². The van der Waals surface area contributed by atoms with E-state index in [9.17, 15) is 30.6 Å². The number of aliphatic hydroxyl groups excluding tert-OH is 4. The number of benzene rings is 2. The highest BCUT2D eigenvalue weighted by molar-refractivity contribution is 5.76. The van der Waals surface area contributed by atoms with E-state index in [1.165, 1.54) is 12.1 Å². The zero-order valence-electron chi connectivity index (χ0n) is 13.6. The molecule has 4 unspecified atom stereocenters. The molecule has 1 aliphatic rings. The van der Waals surface area contributed by atoms with Gasteiger partial charge in [0.1, 0.15) is 17.6 Å². The summed E-state index contributed by atoms with van der Waals surface area (Å²) in [5.41, 5.74) is 2.16. The standard InChI is InChI=1S/C19H22O6/c20-12-5-10-1-3-15(21)13(6-10)14-7-11(2-4-16(14)22)8-17(23)19(25)18(24)9-12/h1-4,6-7,12,17-25H,5,8-9H2. The van der Waals surface area contributed by atoms with Crippen molar-refractivity contribution >= 4 is 0 Å². The Balaban J connectivity index is 2.12. The van der Waals surface area contributed by atoms with Crippen molar-refractivity contribution in [1.82, 2.24) is 0 Å². The van der Waals surface area contributed by atoms with E-state index >= 15 is 0 Å². The van der Waals surface area contributed by atoms with Crippen LogP contribution in [0.15, 0.2) is 36.4 Å². The lowest BCUT2D eigenvalue weighted by molar-refractivity contribution is -0.0727. The molecule has 0 radical (unpaired) electrons. The molecule has 6 heteroatoms. The number of aromatic hydroxyl groups is 2. The maximum absolute atomic E-state index is 10.2. The van der Waals surface area contributed by atoms with Gasteiger partial charge in [-0.15, -0.1) is 0 Å². The summed E-state index contributed by atoms with van der Waals surface area (Å²) < 4.78 is 0. The fraction of sp³-hybridized carbons (Fsp3) is 0.368. The third-order valence-electron chi connectivity index (χ3n) is 4.63. The molecule has 0 spiro atoms. The molecule has 2 aromatic carbocycles. The first kappa shape index (κ1) is 17.7. The van der Waals surface area contributed by atoms with Crippen molar-refractivity contribution in [2.45, 2.75) is 43.7 Å². The van der Waals surface area contributed by atoms with Crippen molar-refractivity contribution in [2.75, 3.05) is 0 Å². The summed E-state index contributed by atoms with van der Waals surface area (Å²) in [7, 11) is 0. The molecular formula is C19H22O6. The lowest BCUT2D eigenvalue weighted by Gasteiger charge is -2.24. The summed E-state index contributed by atoms with van der Waals surface area (Å²) in [5, 5.41) is 60.8. The van der Waals surface area contributed by atoms with Gasteiger partial charge in [-0.3, -0.25) is 0 Å². The van der Waals surface area contributed by atoms with E-state index in [4.69, 9.17) is 0 Å². The smallest absolute Gasteiger partial charge is 0.123 e. The molecule has 0 saturated heterocycles. The van der Waals surface area contributed by atoms with Crippen LogP contribution in [-0.2, 0) is 12.8 Å². The maximum atomic E-state index is 10.2. The lowest BCUT2D eigenvalue weighted by Crippen LogP contribution is -2.40. The molecule has 4 atom stereocenters. The number of fused-ring (bicyclic) bond motifs is 5. The molecule has 3 rings (SSSR count). The van der Waals surface area contributed by atoms with Gasteiger partial charge in [0.15, 0.2) is 0 Å². The zero-order valence-corrected chi connectivity index (χ0v) is 13.6. The van der Waals surface area contributed by atoms with Crippen LogP contribution in [0.2, 0.25) is 0 Å². The topological polar surface area (TPSA) is 121 Å². The Morgan fingerprint density at radius 2 is 1.20 bits per heavy atom. The molecule has 1 aliphatic carbocycles. The predicted molar refractivity (Wildman–Crippen MR) is 91.3 cm³/mol. The van der Waals surface area contributed by atoms with Gasteiger partial charge in [0, 0.05) is 24.0 Å². The number of phenols is 2. The van der Waals surface area contributed by atoms with E-state index in [-0.39, 0.29) is 30.8 Å². The molecule has 25 heavy (non-hydrogen) atoms. The van der Waals surface area contributed by atoms with Gasteiger partial charge >= 0.3 is 0 Å². The first-order chi connectivity index (χ1) is 11.8. The molecule has 2 aromatic rings. The number of rotatable bonds is 0. The summed E-state index contributed by atoms with van der Waals surface area (Å²) in [6.45, 7) is 0. The molecule has 0 aromatic heterocycles. The van der Waals surface area contributed by atoms with E-state index in [1.54, 1.807) is 24.3 Å². The zero-order chi connectivity index (χ0) is 18.1. The molecule has 4 bridgehead atoms. The average Bonchev–Trinajstić information content (AvgIpc) is 2.57. The molecule has 0 amide bonds. The number of hydrogen-bond acceptors (Lipinski definition) is 6.